The summed E-state index contributed by atoms with van der Waals surface area (Å²) in [6.45, 7) is 4.72. The molecule has 0 fully saturated rings. The molecular weight excluding hydrogens is 925 g/mol. The molecule has 354 valence electrons. The molecule has 0 radical (unpaired) electrons. The molecule has 12 aromatic carbocycles. The molecule has 0 spiro atoms. The average Bonchev–Trinajstić information content (AvgIpc) is 4.07. The maximum Gasteiger partial charge on any atom is 0.181 e. The number of para-hydroxylation sites is 3. The van der Waals surface area contributed by atoms with Crippen molar-refractivity contribution < 1.29 is 4.42 Å². The van der Waals surface area contributed by atoms with E-state index in [4.69, 9.17) is 4.42 Å². The van der Waals surface area contributed by atoms with E-state index >= 15 is 0 Å². The third-order valence-corrected chi connectivity index (χ3v) is 21.3. The van der Waals surface area contributed by atoms with Gasteiger partial charge in [-0.15, -0.1) is 0 Å². The molecule has 0 N–H and O–H groups in total. The Morgan fingerprint density at radius 3 is 1.59 bits per heavy atom. The van der Waals surface area contributed by atoms with Gasteiger partial charge < -0.3 is 14.2 Å². The van der Waals surface area contributed by atoms with Crippen LogP contribution in [0.5, 0.6) is 0 Å². The second-order valence-electron chi connectivity index (χ2n) is 20.8. The van der Waals surface area contributed by atoms with E-state index < -0.39 is 8.07 Å². The van der Waals surface area contributed by atoms with Crippen molar-refractivity contribution in [1.82, 2.24) is 0 Å². The molecular formula is C71H50N2OSi. The fourth-order valence-corrected chi connectivity index (χ4v) is 18.5. The van der Waals surface area contributed by atoms with Gasteiger partial charge in [-0.25, -0.2) is 0 Å². The van der Waals surface area contributed by atoms with Crippen molar-refractivity contribution in [2.45, 2.75) is 19.3 Å². The lowest BCUT2D eigenvalue weighted by atomic mass is 9.82. The quantitative estimate of drug-likeness (QED) is 0.142. The molecule has 2 aliphatic rings. The molecule has 1 unspecified atom stereocenters. The summed E-state index contributed by atoms with van der Waals surface area (Å²) in [5.41, 5.74) is 16.0. The van der Waals surface area contributed by atoms with Crippen LogP contribution in [-0.2, 0) is 5.41 Å². The van der Waals surface area contributed by atoms with Crippen LogP contribution in [0.25, 0.3) is 65.7 Å². The van der Waals surface area contributed by atoms with E-state index in [1.807, 2.05) is 0 Å². The summed E-state index contributed by atoms with van der Waals surface area (Å²) in [7, 11) is -3.29. The monoisotopic (exact) mass is 974 g/mol. The largest absolute Gasteiger partial charge is 0.456 e. The maximum atomic E-state index is 6.67. The summed E-state index contributed by atoms with van der Waals surface area (Å²) >= 11 is 0. The Bertz CT molecular complexity index is 4380. The highest BCUT2D eigenvalue weighted by molar-refractivity contribution is 7.23. The minimum atomic E-state index is -3.29. The highest BCUT2D eigenvalue weighted by Crippen LogP contribution is 2.51. The Kier molecular flexibility index (Phi) is 9.63. The average molecular weight is 975 g/mol. The van der Waals surface area contributed by atoms with E-state index in [1.54, 1.807) is 0 Å². The zero-order valence-electron chi connectivity index (χ0n) is 41.7. The number of furan rings is 1. The van der Waals surface area contributed by atoms with Gasteiger partial charge in [-0.1, -0.05) is 196 Å². The number of rotatable bonds is 8. The van der Waals surface area contributed by atoms with Crippen molar-refractivity contribution in [1.29, 1.82) is 0 Å². The standard InChI is InChI=1S/C71H50N2OSi/c1-71(2)64-29-15-13-27-58(64)63-43-52(36-41-65(63)71)73(53-33-38-60-59-28-14-16-30-66(59)74-67(60)44-53)55-35-40-62-61-39-34-54(72(50-22-5-3-6-23-50)51-24-7-4-8-25-51)45-69(61)75(70(62)46-55,56-37-32-47-18-9-10-20-49(47)42-56)68-31-17-21-48-19-11-12-26-57(48)68/h3-46H,1-2H3. The molecule has 3 nitrogen and oxygen atoms in total. The SMILES string of the molecule is CC1(C)c2ccccc2-c2cc(N(c3ccc4c(c3)[Si](c3ccc5ccccc5c3)(c3cccc5ccccc35)c3cc(N(c5ccccc5)c5ccccc5)ccc3-4)c3ccc4c(c3)oc3ccccc34)ccc21. The molecule has 1 aliphatic heterocycles. The summed E-state index contributed by atoms with van der Waals surface area (Å²) in [5, 5.41) is 12.7. The first-order valence-corrected chi connectivity index (χ1v) is 28.1. The molecule has 0 saturated heterocycles. The van der Waals surface area contributed by atoms with E-state index in [2.05, 4.69) is 291 Å². The summed E-state index contributed by atoms with van der Waals surface area (Å²) in [6.07, 6.45) is 0. The Hall–Kier alpha value is -9.22. The molecule has 1 atom stereocenters. The zero-order valence-corrected chi connectivity index (χ0v) is 42.7. The predicted molar refractivity (Wildman–Crippen MR) is 318 cm³/mol. The van der Waals surface area contributed by atoms with Gasteiger partial charge in [0.2, 0.25) is 0 Å². The fourth-order valence-electron chi connectivity index (χ4n) is 13.1. The van der Waals surface area contributed by atoms with Crippen molar-refractivity contribution in [2.75, 3.05) is 9.80 Å². The van der Waals surface area contributed by atoms with Crippen LogP contribution in [0.1, 0.15) is 25.0 Å². The first-order chi connectivity index (χ1) is 36.9. The number of hydrogen-bond donors (Lipinski definition) is 0. The molecule has 13 aromatic rings. The number of anilines is 6. The number of fused-ring (bicyclic) bond motifs is 11. The minimum absolute atomic E-state index is 0.124. The van der Waals surface area contributed by atoms with Crippen LogP contribution in [0.15, 0.2) is 271 Å². The number of nitrogens with zero attached hydrogens (tertiary/aromatic N) is 2. The van der Waals surface area contributed by atoms with Crippen LogP contribution in [0.2, 0.25) is 0 Å². The molecule has 4 heteroatoms. The van der Waals surface area contributed by atoms with E-state index in [9.17, 15) is 0 Å². The van der Waals surface area contributed by atoms with Gasteiger partial charge in [0.25, 0.3) is 0 Å². The van der Waals surface area contributed by atoms with Gasteiger partial charge >= 0.3 is 0 Å². The highest BCUT2D eigenvalue weighted by Gasteiger charge is 2.50. The van der Waals surface area contributed by atoms with Crippen molar-refractivity contribution in [2.24, 2.45) is 0 Å². The van der Waals surface area contributed by atoms with Crippen LogP contribution in [0.3, 0.4) is 0 Å². The second kappa shape index (κ2) is 16.7. The summed E-state index contributed by atoms with van der Waals surface area (Å²) in [4.78, 5) is 4.89. The lowest BCUT2D eigenvalue weighted by molar-refractivity contribution is 0.660. The van der Waals surface area contributed by atoms with Gasteiger partial charge in [0, 0.05) is 56.4 Å². The third kappa shape index (κ3) is 6.53. The summed E-state index contributed by atoms with van der Waals surface area (Å²) in [5.74, 6) is 0. The summed E-state index contributed by atoms with van der Waals surface area (Å²) < 4.78 is 6.67. The smallest absolute Gasteiger partial charge is 0.181 e. The maximum absolute atomic E-state index is 6.67. The Morgan fingerprint density at radius 1 is 0.307 bits per heavy atom. The van der Waals surface area contributed by atoms with Gasteiger partial charge in [0.05, 0.1) is 0 Å². The number of hydrogen-bond acceptors (Lipinski definition) is 3. The lowest BCUT2D eigenvalue weighted by Crippen LogP contribution is -2.73. The molecule has 1 aliphatic carbocycles. The Labute approximate surface area is 437 Å². The van der Waals surface area contributed by atoms with Gasteiger partial charge in [0.1, 0.15) is 11.2 Å². The van der Waals surface area contributed by atoms with Crippen LogP contribution in [0.4, 0.5) is 34.1 Å². The van der Waals surface area contributed by atoms with E-state index in [0.717, 1.165) is 56.1 Å². The molecule has 0 amide bonds. The molecule has 2 heterocycles. The van der Waals surface area contributed by atoms with Crippen LogP contribution >= 0.6 is 0 Å². The third-order valence-electron chi connectivity index (χ3n) is 16.5. The van der Waals surface area contributed by atoms with Crippen LogP contribution < -0.4 is 30.5 Å². The molecule has 15 rings (SSSR count). The van der Waals surface area contributed by atoms with Gasteiger partial charge in [-0.05, 0) is 155 Å². The zero-order chi connectivity index (χ0) is 49.8. The molecule has 1 aromatic heterocycles. The first kappa shape index (κ1) is 43.4. The molecule has 75 heavy (non-hydrogen) atoms. The van der Waals surface area contributed by atoms with Crippen molar-refractivity contribution in [3.63, 3.8) is 0 Å². The highest BCUT2D eigenvalue weighted by atomic mass is 28.3. The topological polar surface area (TPSA) is 19.6 Å². The lowest BCUT2D eigenvalue weighted by Gasteiger charge is -2.35. The van der Waals surface area contributed by atoms with Crippen LogP contribution in [-0.4, -0.2) is 8.07 Å². The minimum Gasteiger partial charge on any atom is -0.456 e. The summed E-state index contributed by atoms with van der Waals surface area (Å²) in [6, 6.07) is 99.7. The Morgan fingerprint density at radius 2 is 0.840 bits per heavy atom. The van der Waals surface area contributed by atoms with E-state index in [1.165, 1.54) is 75.7 Å². The van der Waals surface area contributed by atoms with Crippen LogP contribution in [0, 0.1) is 0 Å². The van der Waals surface area contributed by atoms with E-state index in [-0.39, 0.29) is 5.41 Å². The first-order valence-electron chi connectivity index (χ1n) is 26.1. The second-order valence-corrected chi connectivity index (χ2v) is 24.5. The van der Waals surface area contributed by atoms with Gasteiger partial charge in [0.15, 0.2) is 8.07 Å². The predicted octanol–water partition coefficient (Wildman–Crippen LogP) is 16.5. The number of benzene rings is 12. The van der Waals surface area contributed by atoms with Gasteiger partial charge in [-0.3, -0.25) is 0 Å². The Balaban J connectivity index is 1.04. The van der Waals surface area contributed by atoms with Crippen molar-refractivity contribution in [3.05, 3.63) is 278 Å². The molecule has 0 saturated carbocycles. The molecule has 0 bridgehead atoms. The van der Waals surface area contributed by atoms with Gasteiger partial charge in [-0.2, -0.15) is 0 Å². The van der Waals surface area contributed by atoms with E-state index in [0.29, 0.717) is 0 Å². The van der Waals surface area contributed by atoms with Crippen molar-refractivity contribution >= 4 is 106 Å². The van der Waals surface area contributed by atoms with Crippen molar-refractivity contribution in [3.8, 4) is 22.3 Å². The fraction of sp³-hybridized carbons (Fsp3) is 0.0423. The normalized spacial score (nSPS) is 15.0.